The van der Waals surface area contributed by atoms with Gasteiger partial charge in [0.05, 0.1) is 0 Å². The second kappa shape index (κ2) is 11.6. The summed E-state index contributed by atoms with van der Waals surface area (Å²) in [4.78, 5) is 0. The number of aryl methyl sites for hydroxylation is 4. The summed E-state index contributed by atoms with van der Waals surface area (Å²) in [5, 5.41) is 23.4. The molecule has 2 rings (SSSR count). The van der Waals surface area contributed by atoms with Crippen molar-refractivity contribution in [1.82, 2.24) is 0 Å². The van der Waals surface area contributed by atoms with Gasteiger partial charge in [0.1, 0.15) is 0 Å². The van der Waals surface area contributed by atoms with Crippen molar-refractivity contribution in [2.24, 2.45) is 0 Å². The Kier molecular flexibility index (Phi) is 11.6. The number of hydrogen-bond acceptors (Lipinski definition) is 2. The molecule has 0 saturated heterocycles. The van der Waals surface area contributed by atoms with E-state index < -0.39 is 20.8 Å². The van der Waals surface area contributed by atoms with Crippen LogP contribution in [0.2, 0.25) is 10.0 Å². The molecule has 0 N–H and O–H groups in total. The van der Waals surface area contributed by atoms with E-state index in [1.807, 2.05) is 0 Å². The first kappa shape index (κ1) is 23.1. The summed E-state index contributed by atoms with van der Waals surface area (Å²) in [5.74, 6) is 0.175. The predicted octanol–water partition coefficient (Wildman–Crippen LogP) is 5.44. The molecule has 0 fully saturated rings. The van der Waals surface area contributed by atoms with E-state index in [4.69, 9.17) is 40.2 Å². The van der Waals surface area contributed by atoms with Crippen LogP contribution in [0.4, 0.5) is 0 Å². The average molecular weight is 473 g/mol. The molecule has 124 valence electrons. The van der Waals surface area contributed by atoms with Crippen LogP contribution in [0.15, 0.2) is 24.3 Å². The number of rotatable bonds is 0. The summed E-state index contributed by atoms with van der Waals surface area (Å²) in [7, 11) is 9.87. The topological polar surface area (TPSA) is 46.1 Å². The van der Waals surface area contributed by atoms with Crippen LogP contribution in [0.5, 0.6) is 11.5 Å². The van der Waals surface area contributed by atoms with E-state index in [1.165, 1.54) is 0 Å². The summed E-state index contributed by atoms with van der Waals surface area (Å²) >= 11 is 10.5. The number of hydrogen-bond donors (Lipinski definition) is 0. The Balaban J connectivity index is 0.000000360. The van der Waals surface area contributed by atoms with Crippen molar-refractivity contribution in [1.29, 1.82) is 0 Å². The van der Waals surface area contributed by atoms with Gasteiger partial charge in [0, 0.05) is 10.0 Å². The van der Waals surface area contributed by atoms with Gasteiger partial charge >= 0.3 is 37.9 Å². The Morgan fingerprint density at radius 3 is 1.00 bits per heavy atom. The molecule has 0 spiro atoms. The minimum atomic E-state index is -0.826. The second-order valence-corrected chi connectivity index (χ2v) is 9.41. The fraction of sp³-hybridized carbons (Fsp3) is 0.250. The zero-order chi connectivity index (χ0) is 18.2. The molecule has 0 aliphatic carbocycles. The molecule has 0 heterocycles. The van der Waals surface area contributed by atoms with Gasteiger partial charge in [-0.15, -0.1) is 11.5 Å². The molecule has 0 amide bonds. The van der Waals surface area contributed by atoms with Crippen molar-refractivity contribution in [3.63, 3.8) is 0 Å². The van der Waals surface area contributed by atoms with Gasteiger partial charge in [-0.05, 0) is 52.0 Å². The fourth-order valence-corrected chi connectivity index (χ4v) is 2.45. The molecule has 2 aromatic carbocycles. The van der Waals surface area contributed by atoms with Crippen LogP contribution in [0.3, 0.4) is 0 Å². The molecule has 7 heteroatoms. The standard InChI is InChI=1S/2C8H9ClO.2ClH.Zr/c2*1-5-3-7(9)4-6(2)8(5)10;;;/h2*3-4,10H,1-2H3;2*1H;/q;;;;+4/p-4. The Morgan fingerprint density at radius 2 is 0.826 bits per heavy atom. The minimum absolute atomic E-state index is 0.0874. The van der Waals surface area contributed by atoms with Gasteiger partial charge < -0.3 is 10.2 Å². The summed E-state index contributed by atoms with van der Waals surface area (Å²) in [5.41, 5.74) is 2.85. The number of benzene rings is 2. The van der Waals surface area contributed by atoms with E-state index in [0.717, 1.165) is 0 Å². The van der Waals surface area contributed by atoms with Gasteiger partial charge in [-0.3, -0.25) is 0 Å². The van der Waals surface area contributed by atoms with Crippen molar-refractivity contribution in [3.05, 3.63) is 56.6 Å². The van der Waals surface area contributed by atoms with Crippen LogP contribution in [0.1, 0.15) is 22.3 Å². The van der Waals surface area contributed by atoms with E-state index in [0.29, 0.717) is 32.3 Å². The second-order valence-electron chi connectivity index (χ2n) is 4.81. The van der Waals surface area contributed by atoms with Crippen LogP contribution in [-0.2, 0) is 20.8 Å². The van der Waals surface area contributed by atoms with Crippen molar-refractivity contribution < 1.29 is 31.1 Å². The maximum atomic E-state index is 11.1. The SMILES string of the molecule is Cc1cc(Cl)cc(C)c1[O-].Cc1cc(Cl)cc(C)c1[O-].[Cl][Zr+2][Cl]. The molecular formula is C16H16Cl4O2Zr. The normalized spacial score (nSPS) is 9.04. The van der Waals surface area contributed by atoms with Crippen LogP contribution >= 0.6 is 40.2 Å². The summed E-state index contributed by atoms with van der Waals surface area (Å²) in [6.45, 7) is 7.06. The summed E-state index contributed by atoms with van der Waals surface area (Å²) in [6.07, 6.45) is 0. The molecule has 0 unspecified atom stereocenters. The molecule has 0 aromatic heterocycles. The third kappa shape index (κ3) is 8.65. The van der Waals surface area contributed by atoms with E-state index in [1.54, 1.807) is 52.0 Å². The van der Waals surface area contributed by atoms with Crippen molar-refractivity contribution in [2.75, 3.05) is 0 Å². The molecule has 0 aliphatic heterocycles. The van der Waals surface area contributed by atoms with Crippen molar-refractivity contribution in [2.45, 2.75) is 27.7 Å². The van der Waals surface area contributed by atoms with Gasteiger partial charge in [-0.2, -0.15) is 0 Å². The van der Waals surface area contributed by atoms with Crippen LogP contribution in [0.25, 0.3) is 0 Å². The molecule has 0 aliphatic rings. The van der Waals surface area contributed by atoms with Crippen LogP contribution in [-0.4, -0.2) is 0 Å². The van der Waals surface area contributed by atoms with E-state index in [9.17, 15) is 10.2 Å². The summed E-state index contributed by atoms with van der Waals surface area (Å²) < 4.78 is 0. The molecule has 0 saturated carbocycles. The molecule has 0 bridgehead atoms. The molecule has 2 aromatic rings. The third-order valence-electron chi connectivity index (χ3n) is 2.85. The Bertz CT molecular complexity index is 546. The molecule has 0 atom stereocenters. The zero-order valence-electron chi connectivity index (χ0n) is 13.1. The molecule has 23 heavy (non-hydrogen) atoms. The first-order chi connectivity index (χ1) is 10.6. The van der Waals surface area contributed by atoms with Crippen LogP contribution < -0.4 is 10.2 Å². The fourth-order valence-electron chi connectivity index (χ4n) is 1.79. The van der Waals surface area contributed by atoms with E-state index in [2.05, 4.69) is 0 Å². The maximum absolute atomic E-state index is 11.1. The Hall–Kier alpha value is 0.0831. The molecule has 2 nitrogen and oxygen atoms in total. The van der Waals surface area contributed by atoms with Gasteiger partial charge in [-0.1, -0.05) is 45.5 Å². The monoisotopic (exact) mass is 470 g/mol. The predicted molar refractivity (Wildman–Crippen MR) is 92.5 cm³/mol. The first-order valence-electron chi connectivity index (χ1n) is 6.47. The first-order valence-corrected chi connectivity index (χ1v) is 13.6. The zero-order valence-corrected chi connectivity index (χ0v) is 18.6. The van der Waals surface area contributed by atoms with Crippen LogP contribution in [0, 0.1) is 27.7 Å². The molecule has 0 radical (unpaired) electrons. The quantitative estimate of drug-likeness (QED) is 0.512. The number of halogens is 4. The van der Waals surface area contributed by atoms with Gasteiger partial charge in [0.25, 0.3) is 0 Å². The third-order valence-corrected chi connectivity index (χ3v) is 3.29. The van der Waals surface area contributed by atoms with Gasteiger partial charge in [0.2, 0.25) is 0 Å². The van der Waals surface area contributed by atoms with Gasteiger partial charge in [-0.25, -0.2) is 0 Å². The average Bonchev–Trinajstić information content (AvgIpc) is 2.43. The van der Waals surface area contributed by atoms with Crippen molar-refractivity contribution in [3.8, 4) is 11.5 Å². The van der Waals surface area contributed by atoms with Gasteiger partial charge in [0.15, 0.2) is 0 Å². The van der Waals surface area contributed by atoms with Crippen molar-refractivity contribution >= 4 is 40.2 Å². The Morgan fingerprint density at radius 1 is 0.652 bits per heavy atom. The molecular weight excluding hydrogens is 457 g/mol. The Labute approximate surface area is 166 Å². The van der Waals surface area contributed by atoms with E-state index >= 15 is 0 Å². The van der Waals surface area contributed by atoms with E-state index in [-0.39, 0.29) is 11.5 Å². The summed E-state index contributed by atoms with van der Waals surface area (Å²) in [6, 6.07) is 6.71.